The van der Waals surface area contributed by atoms with E-state index < -0.39 is 4.92 Å². The molecule has 4 aromatic rings. The highest BCUT2D eigenvalue weighted by Gasteiger charge is 2.20. The minimum atomic E-state index is -0.441. The molecule has 1 atom stereocenters. The molecule has 0 radical (unpaired) electrons. The third-order valence-electron chi connectivity index (χ3n) is 4.84. The molecule has 1 heterocycles. The van der Waals surface area contributed by atoms with Crippen LogP contribution >= 0.6 is 0 Å². The maximum atomic E-state index is 10.8. The molecule has 0 spiro atoms. The van der Waals surface area contributed by atoms with E-state index in [1.54, 1.807) is 12.1 Å². The van der Waals surface area contributed by atoms with Gasteiger partial charge in [-0.1, -0.05) is 30.3 Å². The lowest BCUT2D eigenvalue weighted by Crippen LogP contribution is -2.21. The van der Waals surface area contributed by atoms with E-state index in [1.807, 2.05) is 26.1 Å². The van der Waals surface area contributed by atoms with E-state index in [0.717, 1.165) is 11.1 Å². The van der Waals surface area contributed by atoms with Crippen LogP contribution < -0.4 is 4.90 Å². The van der Waals surface area contributed by atoms with Gasteiger partial charge in [0.15, 0.2) is 0 Å². The Hall–Kier alpha value is -3.74. The molecule has 3 aromatic carbocycles. The summed E-state index contributed by atoms with van der Waals surface area (Å²) in [6, 6.07) is 20.4. The van der Waals surface area contributed by atoms with E-state index in [4.69, 9.17) is 4.42 Å². The van der Waals surface area contributed by atoms with Crippen LogP contribution in [0.4, 0.5) is 11.4 Å². The number of nitrogens with zero attached hydrogens (tertiary/aromatic N) is 4. The fraction of sp³-hybridized carbons (Fsp3) is 0.143. The van der Waals surface area contributed by atoms with Crippen molar-refractivity contribution in [1.82, 2.24) is 10.2 Å². The maximum absolute atomic E-state index is 10.8. The van der Waals surface area contributed by atoms with Crippen LogP contribution in [0.15, 0.2) is 71.1 Å². The van der Waals surface area contributed by atoms with Crippen LogP contribution in [0.25, 0.3) is 22.2 Å². The van der Waals surface area contributed by atoms with Crippen molar-refractivity contribution < 1.29 is 9.34 Å². The third kappa shape index (κ3) is 3.29. The average molecular weight is 374 g/mol. The molecule has 7 heteroatoms. The molecule has 0 amide bonds. The monoisotopic (exact) mass is 374 g/mol. The second-order valence-corrected chi connectivity index (χ2v) is 6.57. The fourth-order valence-corrected chi connectivity index (χ4v) is 3.03. The Balaban J connectivity index is 1.57. The number of nitro groups is 1. The highest BCUT2D eigenvalue weighted by atomic mass is 16.6. The molecule has 0 aliphatic heterocycles. The Morgan fingerprint density at radius 2 is 1.71 bits per heavy atom. The van der Waals surface area contributed by atoms with Gasteiger partial charge in [0.25, 0.3) is 5.69 Å². The first-order valence-corrected chi connectivity index (χ1v) is 8.83. The zero-order valence-corrected chi connectivity index (χ0v) is 15.4. The number of nitro benzene ring substituents is 1. The van der Waals surface area contributed by atoms with Crippen molar-refractivity contribution in [2.45, 2.75) is 13.0 Å². The molecule has 0 unspecified atom stereocenters. The molecular weight excluding hydrogens is 356 g/mol. The molecule has 0 aliphatic carbocycles. The van der Waals surface area contributed by atoms with Gasteiger partial charge in [0.2, 0.25) is 11.8 Å². The van der Waals surface area contributed by atoms with Crippen molar-refractivity contribution in [3.8, 4) is 11.5 Å². The van der Waals surface area contributed by atoms with Gasteiger partial charge in [0, 0.05) is 30.4 Å². The summed E-state index contributed by atoms with van der Waals surface area (Å²) in [5, 5.41) is 21.4. The molecular formula is C21H18N4O3. The first-order chi connectivity index (χ1) is 13.5. The zero-order chi connectivity index (χ0) is 19.7. The molecule has 0 saturated heterocycles. The fourth-order valence-electron chi connectivity index (χ4n) is 3.03. The van der Waals surface area contributed by atoms with Gasteiger partial charge in [0.05, 0.1) is 4.92 Å². The second-order valence-electron chi connectivity index (χ2n) is 6.57. The Kier molecular flexibility index (Phi) is 4.49. The Morgan fingerprint density at radius 3 is 2.43 bits per heavy atom. The van der Waals surface area contributed by atoms with Gasteiger partial charge in [-0.25, -0.2) is 0 Å². The molecule has 0 saturated carbocycles. The van der Waals surface area contributed by atoms with Crippen LogP contribution in [0.3, 0.4) is 0 Å². The minimum absolute atomic E-state index is 0.0212. The quantitative estimate of drug-likeness (QED) is 0.361. The molecule has 0 N–H and O–H groups in total. The SMILES string of the molecule is C[C@@H](c1nnc(-c2ccc([N+](=O)[O-])cc2)o1)N(C)c1ccc2ccccc2c1. The number of aromatic nitrogens is 2. The van der Waals surface area contributed by atoms with Gasteiger partial charge in [-0.3, -0.25) is 10.1 Å². The van der Waals surface area contributed by atoms with Gasteiger partial charge < -0.3 is 9.32 Å². The van der Waals surface area contributed by atoms with Crippen molar-refractivity contribution in [2.24, 2.45) is 0 Å². The first-order valence-electron chi connectivity index (χ1n) is 8.83. The smallest absolute Gasteiger partial charge is 0.269 e. The van der Waals surface area contributed by atoms with Crippen LogP contribution in [0, 0.1) is 10.1 Å². The van der Waals surface area contributed by atoms with Gasteiger partial charge in [-0.15, -0.1) is 10.2 Å². The van der Waals surface area contributed by atoms with Crippen LogP contribution in [0.5, 0.6) is 0 Å². The topological polar surface area (TPSA) is 85.3 Å². The summed E-state index contributed by atoms with van der Waals surface area (Å²) in [5.41, 5.74) is 1.71. The van der Waals surface area contributed by atoms with Gasteiger partial charge in [-0.2, -0.15) is 0 Å². The van der Waals surface area contributed by atoms with E-state index in [9.17, 15) is 10.1 Å². The molecule has 28 heavy (non-hydrogen) atoms. The van der Waals surface area contributed by atoms with Crippen molar-refractivity contribution in [3.05, 3.63) is 82.7 Å². The summed E-state index contributed by atoms with van der Waals surface area (Å²) in [6.07, 6.45) is 0. The predicted molar refractivity (Wildman–Crippen MR) is 107 cm³/mol. The first kappa shape index (κ1) is 17.7. The lowest BCUT2D eigenvalue weighted by atomic mass is 10.1. The molecule has 7 nitrogen and oxygen atoms in total. The molecule has 0 fully saturated rings. The lowest BCUT2D eigenvalue weighted by Gasteiger charge is -2.24. The molecule has 1 aromatic heterocycles. The summed E-state index contributed by atoms with van der Waals surface area (Å²) >= 11 is 0. The van der Waals surface area contributed by atoms with Crippen molar-refractivity contribution in [1.29, 1.82) is 0 Å². The standard InChI is InChI=1S/C21H18N4O3/c1-14(24(2)19-12-7-15-5-3-4-6-17(15)13-19)20-22-23-21(28-20)16-8-10-18(11-9-16)25(26)27/h3-14H,1-2H3/t14-/m0/s1. The number of anilines is 1. The van der Waals surface area contributed by atoms with E-state index in [-0.39, 0.29) is 11.7 Å². The molecule has 0 bridgehead atoms. The van der Waals surface area contributed by atoms with Gasteiger partial charge >= 0.3 is 0 Å². The highest BCUT2D eigenvalue weighted by Crippen LogP contribution is 2.29. The Bertz CT molecular complexity index is 1140. The molecule has 0 aliphatic rings. The van der Waals surface area contributed by atoms with Gasteiger partial charge in [0.1, 0.15) is 6.04 Å². The second kappa shape index (κ2) is 7.11. The predicted octanol–water partition coefficient (Wildman–Crippen LogP) is 5.00. The average Bonchev–Trinajstić information content (AvgIpc) is 3.22. The molecule has 4 rings (SSSR count). The van der Waals surface area contributed by atoms with Crippen molar-refractivity contribution >= 4 is 22.1 Å². The van der Waals surface area contributed by atoms with Crippen LogP contribution in [-0.2, 0) is 0 Å². The van der Waals surface area contributed by atoms with Crippen LogP contribution in [-0.4, -0.2) is 22.2 Å². The number of hydrogen-bond acceptors (Lipinski definition) is 6. The van der Waals surface area contributed by atoms with Gasteiger partial charge in [-0.05, 0) is 42.0 Å². The van der Waals surface area contributed by atoms with E-state index in [1.165, 1.54) is 17.5 Å². The minimum Gasteiger partial charge on any atom is -0.418 e. The highest BCUT2D eigenvalue weighted by molar-refractivity contribution is 5.85. The number of non-ortho nitro benzene ring substituents is 1. The number of rotatable bonds is 5. The lowest BCUT2D eigenvalue weighted by molar-refractivity contribution is -0.384. The van der Waals surface area contributed by atoms with Crippen molar-refractivity contribution in [3.63, 3.8) is 0 Å². The van der Waals surface area contributed by atoms with Crippen LogP contribution in [0.1, 0.15) is 18.9 Å². The summed E-state index contributed by atoms with van der Waals surface area (Å²) in [4.78, 5) is 12.4. The van der Waals surface area contributed by atoms with E-state index >= 15 is 0 Å². The largest absolute Gasteiger partial charge is 0.418 e. The summed E-state index contributed by atoms with van der Waals surface area (Å²) < 4.78 is 5.83. The number of benzene rings is 3. The number of hydrogen-bond donors (Lipinski definition) is 0. The summed E-state index contributed by atoms with van der Waals surface area (Å²) in [7, 11) is 1.98. The normalized spacial score (nSPS) is 12.1. The molecule has 140 valence electrons. The van der Waals surface area contributed by atoms with E-state index in [2.05, 4.69) is 45.4 Å². The Morgan fingerprint density at radius 1 is 1.00 bits per heavy atom. The van der Waals surface area contributed by atoms with Crippen molar-refractivity contribution in [2.75, 3.05) is 11.9 Å². The summed E-state index contributed by atoms with van der Waals surface area (Å²) in [5.74, 6) is 0.813. The Labute approximate surface area is 161 Å². The van der Waals surface area contributed by atoms with Crippen LogP contribution in [0.2, 0.25) is 0 Å². The maximum Gasteiger partial charge on any atom is 0.269 e. The zero-order valence-electron chi connectivity index (χ0n) is 15.4. The number of fused-ring (bicyclic) bond motifs is 1. The third-order valence-corrected chi connectivity index (χ3v) is 4.84. The van der Waals surface area contributed by atoms with E-state index in [0.29, 0.717) is 17.3 Å². The summed E-state index contributed by atoms with van der Waals surface area (Å²) in [6.45, 7) is 1.99.